The molecule has 0 unspecified atom stereocenters. The second kappa shape index (κ2) is 8.26. The first-order chi connectivity index (χ1) is 13.8. The van der Waals surface area contributed by atoms with Crippen LogP contribution in [0.15, 0.2) is 54.6 Å². The molecule has 29 heavy (non-hydrogen) atoms. The minimum absolute atomic E-state index is 0.254. The number of likely N-dealkylation sites (N-methyl/N-ethyl adjacent to an activating group) is 1. The van der Waals surface area contributed by atoms with E-state index in [9.17, 15) is 19.2 Å². The van der Waals surface area contributed by atoms with Crippen LogP contribution in [0.3, 0.4) is 0 Å². The number of rotatable bonds is 6. The van der Waals surface area contributed by atoms with Gasteiger partial charge in [-0.05, 0) is 31.5 Å². The molecule has 2 atom stereocenters. The summed E-state index contributed by atoms with van der Waals surface area (Å²) in [6, 6.07) is 14.7. The molecule has 0 aliphatic carbocycles. The number of carbonyl (C=O) groups is 4. The Hall–Kier alpha value is -3.48. The normalized spacial score (nSPS) is 14.9. The van der Waals surface area contributed by atoms with Crippen LogP contribution in [0.2, 0.25) is 0 Å². The number of fused-ring (bicyclic) bond motifs is 1. The van der Waals surface area contributed by atoms with Gasteiger partial charge < -0.3 is 9.64 Å². The molecule has 0 fully saturated rings. The van der Waals surface area contributed by atoms with Gasteiger partial charge in [0.05, 0.1) is 11.1 Å². The summed E-state index contributed by atoms with van der Waals surface area (Å²) in [4.78, 5) is 52.4. The maximum Gasteiger partial charge on any atom is 0.329 e. The summed E-state index contributed by atoms with van der Waals surface area (Å²) in [5.74, 6) is -2.28. The molecule has 7 heteroatoms. The Bertz CT molecular complexity index is 922. The smallest absolute Gasteiger partial charge is 0.329 e. The Balaban J connectivity index is 1.63. The van der Waals surface area contributed by atoms with Gasteiger partial charge in [-0.1, -0.05) is 42.5 Å². The fourth-order valence-corrected chi connectivity index (χ4v) is 3.23. The first-order valence-electron chi connectivity index (χ1n) is 9.27. The lowest BCUT2D eigenvalue weighted by Gasteiger charge is -2.25. The molecule has 0 N–H and O–H groups in total. The largest absolute Gasteiger partial charge is 0.451 e. The molecule has 0 spiro atoms. The van der Waals surface area contributed by atoms with E-state index in [1.54, 1.807) is 19.2 Å². The zero-order valence-electron chi connectivity index (χ0n) is 16.5. The van der Waals surface area contributed by atoms with Crippen LogP contribution >= 0.6 is 0 Å². The lowest BCUT2D eigenvalue weighted by Crippen LogP contribution is -2.46. The van der Waals surface area contributed by atoms with Gasteiger partial charge in [0.1, 0.15) is 6.04 Å². The van der Waals surface area contributed by atoms with Gasteiger partial charge in [-0.3, -0.25) is 19.3 Å². The first-order valence-corrected chi connectivity index (χ1v) is 9.27. The number of esters is 1. The molecule has 0 saturated carbocycles. The summed E-state index contributed by atoms with van der Waals surface area (Å²) in [7, 11) is 1.62. The highest BCUT2D eigenvalue weighted by molar-refractivity contribution is 6.22. The SMILES string of the molecule is C[C@H](OC(=O)[C@H](C)N1C(=O)c2ccccc2C1=O)C(=O)N(C)Cc1ccccc1. The average Bonchev–Trinajstić information content (AvgIpc) is 2.98. The fraction of sp³-hybridized carbons (Fsp3) is 0.273. The molecular formula is C22H22N2O5. The van der Waals surface area contributed by atoms with Gasteiger partial charge in [-0.15, -0.1) is 0 Å². The van der Waals surface area contributed by atoms with E-state index in [1.165, 1.54) is 30.9 Å². The van der Waals surface area contributed by atoms with Crippen LogP contribution in [0.4, 0.5) is 0 Å². The number of amides is 3. The van der Waals surface area contributed by atoms with E-state index in [-0.39, 0.29) is 17.0 Å². The Morgan fingerprint density at radius 1 is 0.931 bits per heavy atom. The summed E-state index contributed by atoms with van der Waals surface area (Å²) in [5, 5.41) is 0. The van der Waals surface area contributed by atoms with Gasteiger partial charge in [0.2, 0.25) is 0 Å². The van der Waals surface area contributed by atoms with Crippen molar-refractivity contribution in [1.82, 2.24) is 9.80 Å². The van der Waals surface area contributed by atoms with E-state index in [2.05, 4.69) is 0 Å². The molecule has 2 aromatic carbocycles. The van der Waals surface area contributed by atoms with E-state index in [0.717, 1.165) is 10.5 Å². The van der Waals surface area contributed by atoms with Crippen LogP contribution < -0.4 is 0 Å². The number of benzene rings is 2. The highest BCUT2D eigenvalue weighted by Gasteiger charge is 2.41. The van der Waals surface area contributed by atoms with Crippen molar-refractivity contribution in [3.8, 4) is 0 Å². The quantitative estimate of drug-likeness (QED) is 0.554. The van der Waals surface area contributed by atoms with Crippen molar-refractivity contribution in [3.63, 3.8) is 0 Å². The first kappa shape index (κ1) is 20.3. The van der Waals surface area contributed by atoms with Crippen molar-refractivity contribution in [2.24, 2.45) is 0 Å². The van der Waals surface area contributed by atoms with E-state index < -0.39 is 29.9 Å². The summed E-state index contributed by atoms with van der Waals surface area (Å²) < 4.78 is 5.26. The Morgan fingerprint density at radius 2 is 1.45 bits per heavy atom. The molecule has 0 bridgehead atoms. The second-order valence-electron chi connectivity index (χ2n) is 6.96. The van der Waals surface area contributed by atoms with E-state index >= 15 is 0 Å². The summed E-state index contributed by atoms with van der Waals surface area (Å²) in [6.07, 6.45) is -1.05. The van der Waals surface area contributed by atoms with Crippen molar-refractivity contribution in [3.05, 3.63) is 71.3 Å². The molecule has 1 aliphatic heterocycles. The molecule has 0 aromatic heterocycles. The van der Waals surface area contributed by atoms with Crippen molar-refractivity contribution < 1.29 is 23.9 Å². The lowest BCUT2D eigenvalue weighted by atomic mass is 10.1. The third-order valence-electron chi connectivity index (χ3n) is 4.83. The van der Waals surface area contributed by atoms with Crippen molar-refractivity contribution in [2.75, 3.05) is 7.05 Å². The highest BCUT2D eigenvalue weighted by Crippen LogP contribution is 2.25. The van der Waals surface area contributed by atoms with Gasteiger partial charge in [0, 0.05) is 13.6 Å². The monoisotopic (exact) mass is 394 g/mol. The summed E-state index contributed by atoms with van der Waals surface area (Å²) in [6.45, 7) is 3.25. The van der Waals surface area contributed by atoms with Gasteiger partial charge >= 0.3 is 5.97 Å². The van der Waals surface area contributed by atoms with Gasteiger partial charge in [0.15, 0.2) is 6.10 Å². The van der Waals surface area contributed by atoms with Crippen LogP contribution in [0.1, 0.15) is 40.1 Å². The molecule has 1 aliphatic rings. The standard InChI is InChI=1S/C22H22N2O5/c1-14(24-20(26)17-11-7-8-12-18(17)21(24)27)22(28)29-15(2)19(25)23(3)13-16-9-5-4-6-10-16/h4-12,14-15H,13H2,1-3H3/t14-,15-/m0/s1. The zero-order valence-corrected chi connectivity index (χ0v) is 16.5. The number of imide groups is 1. The van der Waals surface area contributed by atoms with Gasteiger partial charge in [-0.25, -0.2) is 4.79 Å². The molecule has 3 amide bonds. The third-order valence-corrected chi connectivity index (χ3v) is 4.83. The number of ether oxygens (including phenoxy) is 1. The maximum atomic E-state index is 12.5. The average molecular weight is 394 g/mol. The fourth-order valence-electron chi connectivity index (χ4n) is 3.23. The maximum absolute atomic E-state index is 12.5. The lowest BCUT2D eigenvalue weighted by molar-refractivity contribution is -0.161. The number of nitrogens with zero attached hydrogens (tertiary/aromatic N) is 2. The third kappa shape index (κ3) is 4.03. The predicted octanol–water partition coefficient (Wildman–Crippen LogP) is 2.26. The second-order valence-corrected chi connectivity index (χ2v) is 6.96. The molecule has 2 aromatic rings. The number of hydrogen-bond acceptors (Lipinski definition) is 5. The highest BCUT2D eigenvalue weighted by atomic mass is 16.5. The molecule has 3 rings (SSSR count). The van der Waals surface area contributed by atoms with Crippen LogP contribution in [0.25, 0.3) is 0 Å². The van der Waals surface area contributed by atoms with Crippen LogP contribution in [0.5, 0.6) is 0 Å². The molecule has 1 heterocycles. The summed E-state index contributed by atoms with van der Waals surface area (Å²) >= 11 is 0. The topological polar surface area (TPSA) is 84.0 Å². The van der Waals surface area contributed by atoms with Crippen molar-refractivity contribution in [1.29, 1.82) is 0 Å². The van der Waals surface area contributed by atoms with E-state index in [0.29, 0.717) is 6.54 Å². The van der Waals surface area contributed by atoms with Crippen molar-refractivity contribution >= 4 is 23.7 Å². The van der Waals surface area contributed by atoms with Gasteiger partial charge in [0.25, 0.3) is 17.7 Å². The Morgan fingerprint density at radius 3 is 2.00 bits per heavy atom. The molecule has 0 saturated heterocycles. The number of carbonyl (C=O) groups excluding carboxylic acids is 4. The molecular weight excluding hydrogens is 372 g/mol. The molecule has 0 radical (unpaired) electrons. The van der Waals surface area contributed by atoms with Crippen LogP contribution in [-0.2, 0) is 20.9 Å². The summed E-state index contributed by atoms with van der Waals surface area (Å²) in [5.41, 5.74) is 1.45. The van der Waals surface area contributed by atoms with Crippen molar-refractivity contribution in [2.45, 2.75) is 32.5 Å². The predicted molar refractivity (Wildman–Crippen MR) is 105 cm³/mol. The Kier molecular flexibility index (Phi) is 5.77. The van der Waals surface area contributed by atoms with Gasteiger partial charge in [-0.2, -0.15) is 0 Å². The number of hydrogen-bond donors (Lipinski definition) is 0. The Labute approximate surface area is 168 Å². The van der Waals surface area contributed by atoms with Crippen LogP contribution in [0, 0.1) is 0 Å². The van der Waals surface area contributed by atoms with Crippen LogP contribution in [-0.4, -0.2) is 52.7 Å². The van der Waals surface area contributed by atoms with E-state index in [1.807, 2.05) is 30.3 Å². The molecule has 7 nitrogen and oxygen atoms in total. The zero-order chi connectivity index (χ0) is 21.1. The van der Waals surface area contributed by atoms with E-state index in [4.69, 9.17) is 4.74 Å². The molecule has 150 valence electrons. The minimum atomic E-state index is -1.14. The minimum Gasteiger partial charge on any atom is -0.451 e.